The first kappa shape index (κ1) is 23.9. The van der Waals surface area contributed by atoms with Crippen molar-refractivity contribution in [3.63, 3.8) is 0 Å². The molecule has 0 radical (unpaired) electrons. The van der Waals surface area contributed by atoms with Crippen molar-refractivity contribution >= 4 is 37.5 Å². The summed E-state index contributed by atoms with van der Waals surface area (Å²) in [6, 6.07) is 19.5. The molecule has 0 aliphatic rings. The van der Waals surface area contributed by atoms with E-state index < -0.39 is 15.9 Å². The van der Waals surface area contributed by atoms with E-state index in [0.717, 1.165) is 19.9 Å². The molecule has 0 spiro atoms. The molecule has 3 rings (SSSR count). The minimum atomic E-state index is -3.93. The van der Waals surface area contributed by atoms with Crippen molar-refractivity contribution in [2.75, 3.05) is 17.4 Å². The Morgan fingerprint density at radius 1 is 0.969 bits per heavy atom. The Hall–Kier alpha value is -2.71. The van der Waals surface area contributed by atoms with Crippen LogP contribution in [0.1, 0.15) is 17.5 Å². The van der Waals surface area contributed by atoms with E-state index in [1.165, 1.54) is 24.3 Å². The van der Waals surface area contributed by atoms with Crippen molar-refractivity contribution in [1.82, 2.24) is 5.32 Å². The Balaban J connectivity index is 1.69. The Morgan fingerprint density at radius 2 is 1.59 bits per heavy atom. The number of sulfonamides is 1. The van der Waals surface area contributed by atoms with Gasteiger partial charge in [-0.25, -0.2) is 12.8 Å². The average molecular weight is 519 g/mol. The zero-order valence-electron chi connectivity index (χ0n) is 17.6. The SMILES string of the molecule is Cc1ccc(S(=O)(=O)N(CC(=O)NCCCc2ccc(F)cc2)c2ccc(Br)cc2)cc1. The van der Waals surface area contributed by atoms with Gasteiger partial charge in [0, 0.05) is 11.0 Å². The van der Waals surface area contributed by atoms with Crippen LogP contribution in [0, 0.1) is 12.7 Å². The number of benzene rings is 3. The van der Waals surface area contributed by atoms with Crippen LogP contribution in [0.5, 0.6) is 0 Å². The minimum absolute atomic E-state index is 0.120. The molecular formula is C24H24BrFN2O3S. The van der Waals surface area contributed by atoms with E-state index in [-0.39, 0.29) is 17.3 Å². The molecule has 0 saturated heterocycles. The van der Waals surface area contributed by atoms with E-state index in [9.17, 15) is 17.6 Å². The van der Waals surface area contributed by atoms with Gasteiger partial charge < -0.3 is 5.32 Å². The van der Waals surface area contributed by atoms with Crippen molar-refractivity contribution in [2.24, 2.45) is 0 Å². The number of halogens is 2. The fourth-order valence-electron chi connectivity index (χ4n) is 3.12. The second kappa shape index (κ2) is 10.7. The number of carbonyl (C=O) groups excluding carboxylic acids is 1. The molecule has 0 aliphatic carbocycles. The Labute approximate surface area is 196 Å². The second-order valence-electron chi connectivity index (χ2n) is 7.38. The predicted molar refractivity (Wildman–Crippen MR) is 128 cm³/mol. The van der Waals surface area contributed by atoms with Crippen LogP contribution in [-0.4, -0.2) is 27.4 Å². The molecule has 0 saturated carbocycles. The highest BCUT2D eigenvalue weighted by Crippen LogP contribution is 2.25. The van der Waals surface area contributed by atoms with Gasteiger partial charge in [-0.3, -0.25) is 9.10 Å². The van der Waals surface area contributed by atoms with Crippen LogP contribution in [0.15, 0.2) is 82.2 Å². The minimum Gasteiger partial charge on any atom is -0.355 e. The highest BCUT2D eigenvalue weighted by molar-refractivity contribution is 9.10. The third kappa shape index (κ3) is 6.40. The van der Waals surface area contributed by atoms with Crippen LogP contribution >= 0.6 is 15.9 Å². The summed E-state index contributed by atoms with van der Waals surface area (Å²) < 4.78 is 41.5. The predicted octanol–water partition coefficient (Wildman–Crippen LogP) is 4.84. The molecule has 3 aromatic carbocycles. The maximum absolute atomic E-state index is 13.3. The Kier molecular flexibility index (Phi) is 8.04. The molecule has 32 heavy (non-hydrogen) atoms. The molecule has 5 nitrogen and oxygen atoms in total. The van der Waals surface area contributed by atoms with Crippen LogP contribution in [-0.2, 0) is 21.2 Å². The van der Waals surface area contributed by atoms with Crippen LogP contribution in [0.2, 0.25) is 0 Å². The van der Waals surface area contributed by atoms with Gasteiger partial charge in [0.1, 0.15) is 12.4 Å². The van der Waals surface area contributed by atoms with E-state index in [1.807, 2.05) is 6.92 Å². The van der Waals surface area contributed by atoms with E-state index >= 15 is 0 Å². The van der Waals surface area contributed by atoms with Crippen LogP contribution in [0.3, 0.4) is 0 Å². The summed E-state index contributed by atoms with van der Waals surface area (Å²) >= 11 is 3.35. The number of nitrogens with one attached hydrogen (secondary N) is 1. The number of amides is 1. The maximum atomic E-state index is 13.3. The zero-order valence-corrected chi connectivity index (χ0v) is 20.0. The molecule has 0 fully saturated rings. The number of hydrogen-bond donors (Lipinski definition) is 1. The summed E-state index contributed by atoms with van der Waals surface area (Å²) in [5.74, 6) is -0.687. The number of anilines is 1. The topological polar surface area (TPSA) is 66.5 Å². The molecule has 0 aromatic heterocycles. The number of aryl methyl sites for hydroxylation is 2. The Morgan fingerprint density at radius 3 is 2.22 bits per heavy atom. The van der Waals surface area contributed by atoms with Crippen molar-refractivity contribution in [1.29, 1.82) is 0 Å². The number of carbonyl (C=O) groups is 1. The lowest BCUT2D eigenvalue weighted by Gasteiger charge is -2.24. The molecule has 0 bridgehead atoms. The monoisotopic (exact) mass is 518 g/mol. The number of nitrogens with zero attached hydrogens (tertiary/aromatic N) is 1. The summed E-state index contributed by atoms with van der Waals surface area (Å²) in [5, 5.41) is 2.78. The van der Waals surface area contributed by atoms with Crippen molar-refractivity contribution < 1.29 is 17.6 Å². The number of rotatable bonds is 9. The van der Waals surface area contributed by atoms with Crippen molar-refractivity contribution in [3.8, 4) is 0 Å². The van der Waals surface area contributed by atoms with E-state index in [4.69, 9.17) is 0 Å². The molecule has 8 heteroatoms. The van der Waals surface area contributed by atoms with Crippen LogP contribution < -0.4 is 9.62 Å². The van der Waals surface area contributed by atoms with Gasteiger partial charge >= 0.3 is 0 Å². The summed E-state index contributed by atoms with van der Waals surface area (Å²) in [4.78, 5) is 12.7. The van der Waals surface area contributed by atoms with Gasteiger partial charge in [0.25, 0.3) is 10.0 Å². The molecule has 3 aromatic rings. The molecule has 0 atom stereocenters. The average Bonchev–Trinajstić information content (AvgIpc) is 2.77. The summed E-state index contributed by atoms with van der Waals surface area (Å²) in [6.45, 7) is 1.92. The van der Waals surface area contributed by atoms with Gasteiger partial charge in [0.15, 0.2) is 0 Å². The molecule has 0 aliphatic heterocycles. The van der Waals surface area contributed by atoms with Gasteiger partial charge in [-0.15, -0.1) is 0 Å². The van der Waals surface area contributed by atoms with Gasteiger partial charge in [0.05, 0.1) is 10.6 Å². The summed E-state index contributed by atoms with van der Waals surface area (Å²) in [7, 11) is -3.93. The third-order valence-electron chi connectivity index (χ3n) is 4.89. The molecule has 1 amide bonds. The van der Waals surface area contributed by atoms with E-state index in [0.29, 0.717) is 25.1 Å². The smallest absolute Gasteiger partial charge is 0.264 e. The summed E-state index contributed by atoms with van der Waals surface area (Å²) in [6.07, 6.45) is 1.33. The lowest BCUT2D eigenvalue weighted by Crippen LogP contribution is -2.41. The highest BCUT2D eigenvalue weighted by atomic mass is 79.9. The molecule has 0 heterocycles. The highest BCUT2D eigenvalue weighted by Gasteiger charge is 2.27. The third-order valence-corrected chi connectivity index (χ3v) is 7.21. The van der Waals surface area contributed by atoms with Gasteiger partial charge in [-0.1, -0.05) is 45.8 Å². The van der Waals surface area contributed by atoms with Crippen molar-refractivity contribution in [2.45, 2.75) is 24.7 Å². The quantitative estimate of drug-likeness (QED) is 0.412. The maximum Gasteiger partial charge on any atom is 0.264 e. The fourth-order valence-corrected chi connectivity index (χ4v) is 4.80. The zero-order chi connectivity index (χ0) is 23.1. The van der Waals surface area contributed by atoms with Gasteiger partial charge in [-0.05, 0) is 73.9 Å². The second-order valence-corrected chi connectivity index (χ2v) is 10.2. The molecule has 0 unspecified atom stereocenters. The van der Waals surface area contributed by atoms with Crippen LogP contribution in [0.25, 0.3) is 0 Å². The largest absolute Gasteiger partial charge is 0.355 e. The fraction of sp³-hybridized carbons (Fsp3) is 0.208. The van der Waals surface area contributed by atoms with E-state index in [2.05, 4.69) is 21.2 Å². The van der Waals surface area contributed by atoms with E-state index in [1.54, 1.807) is 48.5 Å². The van der Waals surface area contributed by atoms with Gasteiger partial charge in [-0.2, -0.15) is 0 Å². The Bertz CT molecular complexity index is 1150. The summed E-state index contributed by atoms with van der Waals surface area (Å²) in [5.41, 5.74) is 2.31. The molecular weight excluding hydrogens is 495 g/mol. The lowest BCUT2D eigenvalue weighted by atomic mass is 10.1. The first-order valence-electron chi connectivity index (χ1n) is 10.1. The first-order valence-corrected chi connectivity index (χ1v) is 12.3. The lowest BCUT2D eigenvalue weighted by molar-refractivity contribution is -0.119. The van der Waals surface area contributed by atoms with Crippen LogP contribution in [0.4, 0.5) is 10.1 Å². The number of hydrogen-bond acceptors (Lipinski definition) is 3. The molecule has 168 valence electrons. The molecule has 1 N–H and O–H groups in total. The normalized spacial score (nSPS) is 11.2. The first-order chi connectivity index (χ1) is 15.3. The van der Waals surface area contributed by atoms with Crippen molar-refractivity contribution in [3.05, 3.63) is 94.2 Å². The van der Waals surface area contributed by atoms with Gasteiger partial charge in [0.2, 0.25) is 5.91 Å². The standard InChI is InChI=1S/C24H24BrFN2O3S/c1-18-4-14-23(15-5-18)32(30,31)28(22-12-8-20(25)9-13-22)17-24(29)27-16-2-3-19-6-10-21(26)11-7-19/h4-15H,2-3,16-17H2,1H3,(H,27,29).